The molecule has 0 aromatic heterocycles. The van der Waals surface area contributed by atoms with Gasteiger partial charge < -0.3 is 9.05 Å². The van der Waals surface area contributed by atoms with Gasteiger partial charge in [0.1, 0.15) is 0 Å². The molecule has 1 N–H and O–H groups in total. The molecule has 0 saturated heterocycles. The molecule has 0 aliphatic heterocycles. The third kappa shape index (κ3) is 4.42. The van der Waals surface area contributed by atoms with E-state index in [0.29, 0.717) is 13.2 Å². The average molecular weight is 287 g/mol. The van der Waals surface area contributed by atoms with Crippen LogP contribution in [0.15, 0.2) is 42.8 Å². The number of hydrogen-bond donors (Lipinski definition) is 1. The van der Waals surface area contributed by atoms with E-state index in [1.807, 2.05) is 44.2 Å². The van der Waals surface area contributed by atoms with Crippen molar-refractivity contribution in [1.82, 2.24) is 5.48 Å². The van der Waals surface area contributed by atoms with Crippen LogP contribution in [0.1, 0.15) is 13.8 Å². The van der Waals surface area contributed by atoms with Crippen LogP contribution in [0.3, 0.4) is 0 Å². The van der Waals surface area contributed by atoms with Crippen LogP contribution < -0.4 is 10.8 Å². The van der Waals surface area contributed by atoms with Gasteiger partial charge >= 0.3 is 0 Å². The van der Waals surface area contributed by atoms with Crippen LogP contribution in [0.2, 0.25) is 0 Å². The van der Waals surface area contributed by atoms with Crippen molar-refractivity contribution in [2.75, 3.05) is 13.2 Å². The number of hydrogen-bond acceptors (Lipinski definition) is 5. The average Bonchev–Trinajstić information content (AvgIpc) is 2.37. The second-order valence-corrected chi connectivity index (χ2v) is 6.69. The van der Waals surface area contributed by atoms with E-state index in [0.717, 1.165) is 5.30 Å². The molecular formula is C12H18NO3PS. The lowest BCUT2D eigenvalue weighted by Crippen LogP contribution is -2.18. The summed E-state index contributed by atoms with van der Waals surface area (Å²) in [6.45, 7) is 5.85. The quantitative estimate of drug-likeness (QED) is 0.452. The third-order valence-electron chi connectivity index (χ3n) is 1.93. The molecule has 0 heterocycles. The summed E-state index contributed by atoms with van der Waals surface area (Å²) in [6, 6.07) is 9.51. The minimum Gasteiger partial charge on any atom is -0.423 e. The Morgan fingerprint density at radius 1 is 1.28 bits per heavy atom. The predicted molar refractivity (Wildman–Crippen MR) is 77.0 cm³/mol. The fourth-order valence-corrected chi connectivity index (χ4v) is 3.71. The highest BCUT2D eigenvalue weighted by molar-refractivity contribution is 8.13. The van der Waals surface area contributed by atoms with Gasteiger partial charge in [0.2, 0.25) is 5.88 Å². The zero-order valence-corrected chi connectivity index (χ0v) is 12.3. The minimum atomic E-state index is -2.58. The smallest absolute Gasteiger partial charge is 0.270 e. The second kappa shape index (κ2) is 7.54. The number of benzene rings is 1. The summed E-state index contributed by atoms with van der Waals surface area (Å²) in [7, 11) is 0. The van der Waals surface area contributed by atoms with Gasteiger partial charge in [-0.15, -0.1) is 0 Å². The SMILES string of the molecule is C=C(NOCC)OP(=S)(OCC)c1ccccc1. The first kappa shape index (κ1) is 15.2. The Morgan fingerprint density at radius 2 is 1.94 bits per heavy atom. The summed E-state index contributed by atoms with van der Waals surface area (Å²) in [5, 5.41) is 0.848. The minimum absolute atomic E-state index is 0.262. The summed E-state index contributed by atoms with van der Waals surface area (Å²) in [5.41, 5.74) is 2.58. The van der Waals surface area contributed by atoms with E-state index in [4.69, 9.17) is 25.7 Å². The van der Waals surface area contributed by atoms with Crippen molar-refractivity contribution in [1.29, 1.82) is 0 Å². The largest absolute Gasteiger partial charge is 0.423 e. The summed E-state index contributed by atoms with van der Waals surface area (Å²) >= 11 is 5.50. The summed E-state index contributed by atoms with van der Waals surface area (Å²) in [6.07, 6.45) is 0. The van der Waals surface area contributed by atoms with Gasteiger partial charge in [-0.1, -0.05) is 18.2 Å². The van der Waals surface area contributed by atoms with Crippen molar-refractivity contribution in [3.8, 4) is 0 Å². The summed E-state index contributed by atoms with van der Waals surface area (Å²) < 4.78 is 11.3. The van der Waals surface area contributed by atoms with Crippen LogP contribution in [0.25, 0.3) is 0 Å². The van der Waals surface area contributed by atoms with Crippen LogP contribution in [0.5, 0.6) is 0 Å². The molecule has 0 aliphatic rings. The lowest BCUT2D eigenvalue weighted by Gasteiger charge is -2.23. The summed E-state index contributed by atoms with van der Waals surface area (Å²) in [5.74, 6) is 0.262. The molecule has 0 fully saturated rings. The van der Waals surface area contributed by atoms with E-state index in [1.165, 1.54) is 0 Å². The molecular weight excluding hydrogens is 269 g/mol. The first-order valence-corrected chi connectivity index (χ1v) is 8.32. The standard InChI is InChI=1S/C12H18NO3PS/c1-4-14-13-11(3)16-17(18,15-5-2)12-9-7-6-8-10-12/h6-10,13H,3-5H2,1-2H3. The Balaban J connectivity index is 2.81. The molecule has 4 nitrogen and oxygen atoms in total. The number of rotatable bonds is 8. The van der Waals surface area contributed by atoms with Gasteiger partial charge in [-0.2, -0.15) is 0 Å². The molecule has 18 heavy (non-hydrogen) atoms. The Labute approximate surface area is 113 Å². The van der Waals surface area contributed by atoms with Gasteiger partial charge in [0.15, 0.2) is 0 Å². The fraction of sp³-hybridized carbons (Fsp3) is 0.333. The van der Waals surface area contributed by atoms with Crippen molar-refractivity contribution in [3.63, 3.8) is 0 Å². The van der Waals surface area contributed by atoms with Gasteiger partial charge in [0, 0.05) is 5.30 Å². The zero-order chi connectivity index (χ0) is 13.4. The van der Waals surface area contributed by atoms with Crippen molar-refractivity contribution < 1.29 is 13.9 Å². The van der Waals surface area contributed by atoms with Crippen molar-refractivity contribution in [2.24, 2.45) is 0 Å². The maximum Gasteiger partial charge on any atom is 0.270 e. The van der Waals surface area contributed by atoms with Crippen LogP contribution in [0, 0.1) is 0 Å². The van der Waals surface area contributed by atoms with E-state index < -0.39 is 6.49 Å². The maximum atomic E-state index is 5.64. The van der Waals surface area contributed by atoms with Gasteiger partial charge in [0.25, 0.3) is 6.49 Å². The van der Waals surface area contributed by atoms with Gasteiger partial charge in [0.05, 0.1) is 13.2 Å². The Hall–Kier alpha value is -0.870. The molecule has 0 radical (unpaired) electrons. The molecule has 6 heteroatoms. The highest BCUT2D eigenvalue weighted by Gasteiger charge is 2.23. The lowest BCUT2D eigenvalue weighted by atomic mass is 10.4. The van der Waals surface area contributed by atoms with Crippen LogP contribution in [0.4, 0.5) is 0 Å². The maximum absolute atomic E-state index is 5.64. The van der Waals surface area contributed by atoms with Crippen molar-refractivity contribution in [2.45, 2.75) is 13.8 Å². The van der Waals surface area contributed by atoms with Crippen LogP contribution in [-0.4, -0.2) is 13.2 Å². The number of hydroxylamine groups is 1. The lowest BCUT2D eigenvalue weighted by molar-refractivity contribution is 0.0468. The third-order valence-corrected chi connectivity index (χ3v) is 5.09. The molecule has 1 aromatic rings. The van der Waals surface area contributed by atoms with Crippen molar-refractivity contribution >= 4 is 23.6 Å². The molecule has 0 saturated carbocycles. The van der Waals surface area contributed by atoms with E-state index >= 15 is 0 Å². The van der Waals surface area contributed by atoms with E-state index in [-0.39, 0.29) is 5.88 Å². The number of nitrogens with one attached hydrogen (secondary N) is 1. The highest BCUT2D eigenvalue weighted by Crippen LogP contribution is 2.48. The predicted octanol–water partition coefficient (Wildman–Crippen LogP) is 2.69. The van der Waals surface area contributed by atoms with Crippen LogP contribution in [-0.2, 0) is 25.7 Å². The van der Waals surface area contributed by atoms with Gasteiger partial charge in [-0.05, 0) is 44.4 Å². The normalized spacial score (nSPS) is 13.7. The molecule has 0 aliphatic carbocycles. The fourth-order valence-electron chi connectivity index (χ4n) is 1.25. The second-order valence-electron chi connectivity index (χ2n) is 3.30. The molecule has 0 amide bonds. The zero-order valence-electron chi connectivity index (χ0n) is 10.6. The van der Waals surface area contributed by atoms with E-state index in [9.17, 15) is 0 Å². The van der Waals surface area contributed by atoms with E-state index in [2.05, 4.69) is 12.1 Å². The Bertz CT molecular complexity index is 425. The van der Waals surface area contributed by atoms with Gasteiger partial charge in [-0.25, -0.2) is 5.48 Å². The molecule has 1 atom stereocenters. The van der Waals surface area contributed by atoms with Crippen LogP contribution >= 0.6 is 6.49 Å². The molecule has 0 bridgehead atoms. The first-order chi connectivity index (χ1) is 8.62. The molecule has 100 valence electrons. The first-order valence-electron chi connectivity index (χ1n) is 5.69. The van der Waals surface area contributed by atoms with Crippen molar-refractivity contribution in [3.05, 3.63) is 42.8 Å². The molecule has 1 aromatic carbocycles. The Morgan fingerprint density at radius 3 is 2.50 bits per heavy atom. The molecule has 1 unspecified atom stereocenters. The summed E-state index contributed by atoms with van der Waals surface area (Å²) in [4.78, 5) is 5.00. The highest BCUT2D eigenvalue weighted by atomic mass is 32.5. The monoisotopic (exact) mass is 287 g/mol. The Kier molecular flexibility index (Phi) is 6.36. The van der Waals surface area contributed by atoms with E-state index in [1.54, 1.807) is 0 Å². The topological polar surface area (TPSA) is 39.7 Å². The molecule has 1 rings (SSSR count). The molecule has 0 spiro atoms. The van der Waals surface area contributed by atoms with Gasteiger partial charge in [-0.3, -0.25) is 4.84 Å².